The number of hydrogen-bond donors (Lipinski definition) is 1. The number of halogens is 3. The van der Waals surface area contributed by atoms with Crippen LogP contribution in [0.4, 0.5) is 13.2 Å². The van der Waals surface area contributed by atoms with E-state index in [-0.39, 0.29) is 5.75 Å². The Labute approximate surface area is 107 Å². The number of alkyl halides is 3. The largest absolute Gasteiger partial charge is 0.480 e. The summed E-state index contributed by atoms with van der Waals surface area (Å²) in [5, 5.41) is 8.93. The van der Waals surface area contributed by atoms with Crippen molar-refractivity contribution in [3.63, 3.8) is 0 Å². The molecule has 1 saturated heterocycles. The number of carbonyl (C=O) groups excluding carboxylic acids is 1. The molecule has 1 N–H and O–H groups in total. The summed E-state index contributed by atoms with van der Waals surface area (Å²) in [4.78, 5) is 23.8. The van der Waals surface area contributed by atoms with E-state index in [1.54, 1.807) is 0 Å². The highest BCUT2D eigenvalue weighted by Crippen LogP contribution is 2.23. The van der Waals surface area contributed by atoms with Crippen molar-refractivity contribution in [1.82, 2.24) is 4.90 Å². The molecule has 1 aliphatic heterocycles. The molecule has 1 fully saturated rings. The predicted octanol–water partition coefficient (Wildman–Crippen LogP) is 1.75. The SMILES string of the molecule is O=C(O)C1CCCCN1C(=O)CSCC(F)(F)F. The fraction of sp³-hybridized carbons (Fsp3) is 0.800. The Hall–Kier alpha value is -0.920. The molecular formula is C10H14F3NO3S. The van der Waals surface area contributed by atoms with Crippen LogP contribution in [0.15, 0.2) is 0 Å². The molecule has 0 aromatic carbocycles. The summed E-state index contributed by atoms with van der Waals surface area (Å²) in [6.45, 7) is 0.308. The average Bonchev–Trinajstić information content (AvgIpc) is 2.27. The van der Waals surface area contributed by atoms with E-state index in [2.05, 4.69) is 0 Å². The number of likely N-dealkylation sites (tertiary alicyclic amines) is 1. The Bertz CT molecular complexity index is 322. The first-order valence-corrected chi connectivity index (χ1v) is 6.63. The highest BCUT2D eigenvalue weighted by atomic mass is 32.2. The van der Waals surface area contributed by atoms with Crippen molar-refractivity contribution in [2.75, 3.05) is 18.1 Å². The van der Waals surface area contributed by atoms with Crippen molar-refractivity contribution in [3.8, 4) is 0 Å². The van der Waals surface area contributed by atoms with E-state index in [0.717, 1.165) is 6.42 Å². The Morgan fingerprint density at radius 2 is 2.00 bits per heavy atom. The van der Waals surface area contributed by atoms with E-state index in [0.29, 0.717) is 31.1 Å². The monoisotopic (exact) mass is 285 g/mol. The molecule has 18 heavy (non-hydrogen) atoms. The summed E-state index contributed by atoms with van der Waals surface area (Å²) in [5.41, 5.74) is 0. The summed E-state index contributed by atoms with van der Waals surface area (Å²) < 4.78 is 35.7. The van der Waals surface area contributed by atoms with Gasteiger partial charge in [-0.05, 0) is 19.3 Å². The van der Waals surface area contributed by atoms with E-state index in [1.165, 1.54) is 4.90 Å². The fourth-order valence-electron chi connectivity index (χ4n) is 1.82. The van der Waals surface area contributed by atoms with Gasteiger partial charge in [0, 0.05) is 6.54 Å². The summed E-state index contributed by atoms with van der Waals surface area (Å²) in [5.74, 6) is -3.05. The Morgan fingerprint density at radius 3 is 2.56 bits per heavy atom. The lowest BCUT2D eigenvalue weighted by atomic mass is 10.0. The number of carbonyl (C=O) groups is 2. The third-order valence-electron chi connectivity index (χ3n) is 2.60. The first-order valence-electron chi connectivity index (χ1n) is 5.48. The van der Waals surface area contributed by atoms with Gasteiger partial charge in [0.05, 0.1) is 11.5 Å². The molecule has 0 aromatic heterocycles. The first-order chi connectivity index (χ1) is 8.31. The molecule has 1 rings (SSSR count). The van der Waals surface area contributed by atoms with Crippen molar-refractivity contribution in [3.05, 3.63) is 0 Å². The number of rotatable bonds is 4. The quantitative estimate of drug-likeness (QED) is 0.855. The minimum Gasteiger partial charge on any atom is -0.480 e. The predicted molar refractivity (Wildman–Crippen MR) is 60.4 cm³/mol. The number of hydrogen-bond acceptors (Lipinski definition) is 3. The van der Waals surface area contributed by atoms with Crippen LogP contribution in [0.25, 0.3) is 0 Å². The first kappa shape index (κ1) is 15.1. The molecule has 1 heterocycles. The van der Waals surface area contributed by atoms with E-state index in [4.69, 9.17) is 5.11 Å². The summed E-state index contributed by atoms with van der Waals surface area (Å²) in [7, 11) is 0. The van der Waals surface area contributed by atoms with Crippen LogP contribution in [-0.4, -0.2) is 52.2 Å². The van der Waals surface area contributed by atoms with Gasteiger partial charge in [0.15, 0.2) is 0 Å². The highest BCUT2D eigenvalue weighted by molar-refractivity contribution is 8.00. The molecule has 0 saturated carbocycles. The summed E-state index contributed by atoms with van der Waals surface area (Å²) >= 11 is 0.467. The summed E-state index contributed by atoms with van der Waals surface area (Å²) in [6, 6.07) is -0.891. The van der Waals surface area contributed by atoms with E-state index < -0.39 is 29.8 Å². The zero-order valence-corrected chi connectivity index (χ0v) is 10.4. The second-order valence-electron chi connectivity index (χ2n) is 4.04. The third kappa shape index (κ3) is 4.75. The fourth-order valence-corrected chi connectivity index (χ4v) is 2.50. The van der Waals surface area contributed by atoms with Crippen molar-refractivity contribution < 1.29 is 27.9 Å². The molecule has 8 heteroatoms. The molecule has 1 unspecified atom stereocenters. The molecule has 0 radical (unpaired) electrons. The van der Waals surface area contributed by atoms with Crippen LogP contribution in [0.1, 0.15) is 19.3 Å². The standard InChI is InChI=1S/C10H14F3NO3S/c11-10(12,13)6-18-5-8(15)14-4-2-1-3-7(14)9(16)17/h7H,1-6H2,(H,16,17). The number of thioether (sulfide) groups is 1. The van der Waals surface area contributed by atoms with Crippen LogP contribution < -0.4 is 0 Å². The van der Waals surface area contributed by atoms with Crippen LogP contribution >= 0.6 is 11.8 Å². The molecule has 0 aliphatic carbocycles. The van der Waals surface area contributed by atoms with Crippen molar-refractivity contribution in [1.29, 1.82) is 0 Å². The summed E-state index contributed by atoms with van der Waals surface area (Å²) in [6.07, 6.45) is -2.53. The number of piperidine rings is 1. The molecule has 0 spiro atoms. The number of carboxylic acids is 1. The maximum atomic E-state index is 11.9. The second kappa shape index (κ2) is 6.31. The molecule has 0 aromatic rings. The zero-order valence-electron chi connectivity index (χ0n) is 9.57. The molecule has 1 aliphatic rings. The van der Waals surface area contributed by atoms with Crippen LogP contribution in [0.5, 0.6) is 0 Å². The number of aliphatic carboxylic acids is 1. The van der Waals surface area contributed by atoms with Gasteiger partial charge in [0.25, 0.3) is 0 Å². The Balaban J connectivity index is 2.46. The van der Waals surface area contributed by atoms with Gasteiger partial charge in [-0.1, -0.05) is 0 Å². The molecule has 4 nitrogen and oxygen atoms in total. The zero-order chi connectivity index (χ0) is 13.8. The lowest BCUT2D eigenvalue weighted by Gasteiger charge is -2.32. The molecule has 1 amide bonds. The van der Waals surface area contributed by atoms with Crippen molar-refractivity contribution in [2.24, 2.45) is 0 Å². The maximum Gasteiger partial charge on any atom is 0.397 e. The molecular weight excluding hydrogens is 271 g/mol. The highest BCUT2D eigenvalue weighted by Gasteiger charge is 2.33. The molecule has 104 valence electrons. The van der Waals surface area contributed by atoms with E-state index in [9.17, 15) is 22.8 Å². The number of amides is 1. The average molecular weight is 285 g/mol. The number of nitrogens with zero attached hydrogens (tertiary/aromatic N) is 1. The number of carboxylic acid groups (broad SMARTS) is 1. The lowest BCUT2D eigenvalue weighted by Crippen LogP contribution is -2.48. The van der Waals surface area contributed by atoms with Gasteiger partial charge in [0.2, 0.25) is 5.91 Å². The van der Waals surface area contributed by atoms with Crippen molar-refractivity contribution >= 4 is 23.6 Å². The van der Waals surface area contributed by atoms with Crippen LogP contribution in [-0.2, 0) is 9.59 Å². The van der Waals surface area contributed by atoms with Gasteiger partial charge in [0.1, 0.15) is 6.04 Å². The van der Waals surface area contributed by atoms with Crippen LogP contribution in [0, 0.1) is 0 Å². The maximum absolute atomic E-state index is 11.9. The third-order valence-corrected chi connectivity index (χ3v) is 3.58. The topological polar surface area (TPSA) is 57.6 Å². The van der Waals surface area contributed by atoms with Crippen LogP contribution in [0.3, 0.4) is 0 Å². The van der Waals surface area contributed by atoms with Gasteiger partial charge in [-0.25, -0.2) is 4.79 Å². The van der Waals surface area contributed by atoms with Crippen molar-refractivity contribution in [2.45, 2.75) is 31.5 Å². The molecule has 1 atom stereocenters. The second-order valence-corrected chi connectivity index (χ2v) is 5.03. The smallest absolute Gasteiger partial charge is 0.397 e. The Morgan fingerprint density at radius 1 is 1.33 bits per heavy atom. The molecule has 0 bridgehead atoms. The minimum absolute atomic E-state index is 0.308. The minimum atomic E-state index is -4.31. The van der Waals surface area contributed by atoms with E-state index >= 15 is 0 Å². The van der Waals surface area contributed by atoms with Gasteiger partial charge in [-0.3, -0.25) is 4.79 Å². The van der Waals surface area contributed by atoms with Gasteiger partial charge >= 0.3 is 12.1 Å². The lowest BCUT2D eigenvalue weighted by molar-refractivity contribution is -0.151. The van der Waals surface area contributed by atoms with Gasteiger partial charge < -0.3 is 10.0 Å². The van der Waals surface area contributed by atoms with Crippen LogP contribution in [0.2, 0.25) is 0 Å². The Kier molecular flexibility index (Phi) is 5.30. The normalized spacial score (nSPS) is 20.8. The van der Waals surface area contributed by atoms with Gasteiger partial charge in [-0.15, -0.1) is 11.8 Å². The van der Waals surface area contributed by atoms with E-state index in [1.807, 2.05) is 0 Å². The van der Waals surface area contributed by atoms with Gasteiger partial charge in [-0.2, -0.15) is 13.2 Å².